The first kappa shape index (κ1) is 16.5. The van der Waals surface area contributed by atoms with E-state index in [1.54, 1.807) is 0 Å². The van der Waals surface area contributed by atoms with Gasteiger partial charge in [0.15, 0.2) is 11.4 Å². The van der Waals surface area contributed by atoms with Gasteiger partial charge < -0.3 is 15.5 Å². The van der Waals surface area contributed by atoms with Gasteiger partial charge in [-0.05, 0) is 30.5 Å². The van der Waals surface area contributed by atoms with E-state index in [0.29, 0.717) is 11.6 Å². The molecule has 2 rings (SSSR count). The number of carboxylic acids is 1. The highest BCUT2D eigenvalue weighted by atomic mass is 16.4. The monoisotopic (exact) mass is 317 g/mol. The van der Waals surface area contributed by atoms with Crippen LogP contribution >= 0.6 is 0 Å². The molecule has 7 nitrogen and oxygen atoms in total. The van der Waals surface area contributed by atoms with Crippen LogP contribution in [0.2, 0.25) is 0 Å². The van der Waals surface area contributed by atoms with Crippen molar-refractivity contribution in [3.63, 3.8) is 0 Å². The molecule has 1 atom stereocenters. The van der Waals surface area contributed by atoms with Crippen molar-refractivity contribution < 1.29 is 19.8 Å². The van der Waals surface area contributed by atoms with Crippen LogP contribution in [-0.2, 0) is 4.79 Å². The van der Waals surface area contributed by atoms with E-state index in [4.69, 9.17) is 5.11 Å². The second kappa shape index (κ2) is 6.51. The summed E-state index contributed by atoms with van der Waals surface area (Å²) in [5.74, 6) is -1.82. The first-order valence-electron chi connectivity index (χ1n) is 7.22. The molecule has 0 aliphatic heterocycles. The Kier molecular flexibility index (Phi) is 4.68. The van der Waals surface area contributed by atoms with Crippen molar-refractivity contribution in [2.24, 2.45) is 0 Å². The predicted octanol–water partition coefficient (Wildman–Crippen LogP) is 1.90. The van der Waals surface area contributed by atoms with E-state index in [-0.39, 0.29) is 11.4 Å². The zero-order valence-electron chi connectivity index (χ0n) is 13.1. The number of carbonyl (C=O) groups excluding carboxylic acids is 1. The minimum atomic E-state index is -1.17. The van der Waals surface area contributed by atoms with E-state index in [1.165, 1.54) is 23.4 Å². The smallest absolute Gasteiger partial charge is 0.325 e. The summed E-state index contributed by atoms with van der Waals surface area (Å²) in [6.45, 7) is 5.50. The number of benzene rings is 1. The van der Waals surface area contributed by atoms with Gasteiger partial charge in [-0.15, -0.1) is 0 Å². The largest absolute Gasteiger partial charge is 0.504 e. The van der Waals surface area contributed by atoms with E-state index in [0.717, 1.165) is 0 Å². The van der Waals surface area contributed by atoms with Gasteiger partial charge in [-0.25, -0.2) is 4.68 Å². The highest BCUT2D eigenvalue weighted by Crippen LogP contribution is 2.20. The molecule has 1 aromatic heterocycles. The Morgan fingerprint density at radius 1 is 1.17 bits per heavy atom. The molecule has 0 bridgehead atoms. The lowest BCUT2D eigenvalue weighted by atomic mass is 10.0. The van der Waals surface area contributed by atoms with E-state index >= 15 is 0 Å². The average Bonchev–Trinajstić information content (AvgIpc) is 2.89. The Labute approximate surface area is 133 Å². The van der Waals surface area contributed by atoms with Crippen molar-refractivity contribution in [1.29, 1.82) is 0 Å². The fourth-order valence-corrected chi connectivity index (χ4v) is 2.00. The molecule has 122 valence electrons. The van der Waals surface area contributed by atoms with Gasteiger partial charge >= 0.3 is 5.97 Å². The van der Waals surface area contributed by atoms with Gasteiger partial charge in [0.05, 0.1) is 11.9 Å². The summed E-state index contributed by atoms with van der Waals surface area (Å²) >= 11 is 0. The first-order chi connectivity index (χ1) is 10.8. The van der Waals surface area contributed by atoms with Crippen LogP contribution in [0.15, 0.2) is 30.5 Å². The van der Waals surface area contributed by atoms with Crippen LogP contribution in [0.1, 0.15) is 42.7 Å². The number of carbonyl (C=O) groups is 2. The van der Waals surface area contributed by atoms with E-state index in [2.05, 4.69) is 24.3 Å². The summed E-state index contributed by atoms with van der Waals surface area (Å²) in [4.78, 5) is 22.7. The second-order valence-corrected chi connectivity index (χ2v) is 5.59. The minimum absolute atomic E-state index is 0.217. The number of hydrogen-bond acceptors (Lipinski definition) is 4. The number of hydrogen-bond donors (Lipinski definition) is 3. The van der Waals surface area contributed by atoms with Crippen LogP contribution in [0.3, 0.4) is 0 Å². The van der Waals surface area contributed by atoms with Gasteiger partial charge in [-0.1, -0.05) is 26.0 Å². The predicted molar refractivity (Wildman–Crippen MR) is 83.9 cm³/mol. The van der Waals surface area contributed by atoms with Gasteiger partial charge in [0, 0.05) is 0 Å². The number of nitrogens with zero attached hydrogens (tertiary/aromatic N) is 2. The van der Waals surface area contributed by atoms with Crippen LogP contribution in [0.25, 0.3) is 5.69 Å². The molecule has 7 heteroatoms. The molecule has 1 heterocycles. The number of aliphatic carboxylic acids is 1. The van der Waals surface area contributed by atoms with Crippen molar-refractivity contribution in [1.82, 2.24) is 15.1 Å². The molecule has 0 saturated carbocycles. The van der Waals surface area contributed by atoms with Gasteiger partial charge in [0.25, 0.3) is 5.91 Å². The molecule has 2 aromatic rings. The van der Waals surface area contributed by atoms with Crippen molar-refractivity contribution in [2.45, 2.75) is 32.7 Å². The standard InChI is InChI=1S/C16H19N3O4/c1-9(2)11-4-6-12(7-5-11)19-8-13(20)14(18-19)15(21)17-10(3)16(22)23/h4-10,20H,1-3H3,(H,17,21)(H,22,23)/t10-/m0/s1. The fraction of sp³-hybridized carbons (Fsp3) is 0.312. The van der Waals surface area contributed by atoms with E-state index < -0.39 is 17.9 Å². The van der Waals surface area contributed by atoms with Crippen molar-refractivity contribution in [2.75, 3.05) is 0 Å². The number of aromatic hydroxyl groups is 1. The number of nitrogens with one attached hydrogen (secondary N) is 1. The molecule has 0 unspecified atom stereocenters. The summed E-state index contributed by atoms with van der Waals surface area (Å²) in [6.07, 6.45) is 1.31. The lowest BCUT2D eigenvalue weighted by molar-refractivity contribution is -0.138. The molecule has 1 amide bonds. The molecule has 0 radical (unpaired) electrons. The van der Waals surface area contributed by atoms with Gasteiger partial charge in [-0.3, -0.25) is 9.59 Å². The second-order valence-electron chi connectivity index (χ2n) is 5.59. The van der Waals surface area contributed by atoms with E-state index in [9.17, 15) is 14.7 Å². The Morgan fingerprint density at radius 3 is 2.30 bits per heavy atom. The van der Waals surface area contributed by atoms with Crippen LogP contribution in [0, 0.1) is 0 Å². The van der Waals surface area contributed by atoms with Crippen LogP contribution in [0.4, 0.5) is 0 Å². The van der Waals surface area contributed by atoms with E-state index in [1.807, 2.05) is 24.3 Å². The SMILES string of the molecule is CC(C)c1ccc(-n2cc(O)c(C(=O)N[C@@H](C)C(=O)O)n2)cc1. The lowest BCUT2D eigenvalue weighted by Gasteiger charge is -2.08. The van der Waals surface area contributed by atoms with Gasteiger partial charge in [-0.2, -0.15) is 5.10 Å². The molecular formula is C16H19N3O4. The number of aromatic nitrogens is 2. The molecule has 3 N–H and O–H groups in total. The molecule has 23 heavy (non-hydrogen) atoms. The maximum Gasteiger partial charge on any atom is 0.325 e. The lowest BCUT2D eigenvalue weighted by Crippen LogP contribution is -2.38. The summed E-state index contributed by atoms with van der Waals surface area (Å²) in [5.41, 5.74) is 1.64. The van der Waals surface area contributed by atoms with Crippen molar-refractivity contribution >= 4 is 11.9 Å². The Bertz CT molecular complexity index is 719. The molecule has 0 aliphatic rings. The molecule has 0 fully saturated rings. The highest BCUT2D eigenvalue weighted by molar-refractivity contribution is 5.97. The summed E-state index contributed by atoms with van der Waals surface area (Å²) in [5, 5.41) is 24.9. The summed E-state index contributed by atoms with van der Waals surface area (Å²) in [6, 6.07) is 6.50. The Hall–Kier alpha value is -2.83. The fourth-order valence-electron chi connectivity index (χ4n) is 2.00. The zero-order valence-corrected chi connectivity index (χ0v) is 13.1. The van der Waals surface area contributed by atoms with Gasteiger partial charge in [0.2, 0.25) is 0 Å². The molecule has 0 aliphatic carbocycles. The first-order valence-corrected chi connectivity index (χ1v) is 7.22. The maximum atomic E-state index is 12.0. The normalized spacial score (nSPS) is 12.2. The number of carboxylic acid groups (broad SMARTS) is 1. The zero-order chi connectivity index (χ0) is 17.1. The van der Waals surface area contributed by atoms with Crippen LogP contribution < -0.4 is 5.32 Å². The third kappa shape index (κ3) is 3.68. The van der Waals surface area contributed by atoms with Crippen molar-refractivity contribution in [3.05, 3.63) is 41.7 Å². The quantitative estimate of drug-likeness (QED) is 0.781. The highest BCUT2D eigenvalue weighted by Gasteiger charge is 2.21. The minimum Gasteiger partial charge on any atom is -0.504 e. The molecule has 1 aromatic carbocycles. The summed E-state index contributed by atoms with van der Waals surface area (Å²) in [7, 11) is 0. The topological polar surface area (TPSA) is 104 Å². The van der Waals surface area contributed by atoms with Crippen molar-refractivity contribution in [3.8, 4) is 11.4 Å². The molecule has 0 spiro atoms. The van der Waals surface area contributed by atoms with Crippen LogP contribution in [-0.4, -0.2) is 37.9 Å². The Balaban J connectivity index is 2.23. The maximum absolute atomic E-state index is 12.0. The third-order valence-electron chi connectivity index (χ3n) is 3.45. The third-order valence-corrected chi connectivity index (χ3v) is 3.45. The molecular weight excluding hydrogens is 298 g/mol. The average molecular weight is 317 g/mol. The summed E-state index contributed by atoms with van der Waals surface area (Å²) < 4.78 is 1.37. The number of rotatable bonds is 5. The number of amides is 1. The molecule has 0 saturated heterocycles. The Morgan fingerprint density at radius 2 is 1.78 bits per heavy atom. The van der Waals surface area contributed by atoms with Gasteiger partial charge in [0.1, 0.15) is 6.04 Å². The van der Waals surface area contributed by atoms with Crippen LogP contribution in [0.5, 0.6) is 5.75 Å².